The normalized spacial score (nSPS) is 16.9. The summed E-state index contributed by atoms with van der Waals surface area (Å²) >= 11 is 0. The van der Waals surface area contributed by atoms with Crippen LogP contribution in [0.3, 0.4) is 0 Å². The zero-order valence-corrected chi connectivity index (χ0v) is 43.6. The molecule has 0 bridgehead atoms. The van der Waals surface area contributed by atoms with E-state index in [0.717, 1.165) is 82.8 Å². The summed E-state index contributed by atoms with van der Waals surface area (Å²) in [5, 5.41) is 0. The Morgan fingerprint density at radius 2 is 1.30 bits per heavy atom. The first-order valence-corrected chi connectivity index (χ1v) is 29.6. The van der Waals surface area contributed by atoms with E-state index in [2.05, 4.69) is 103 Å². The molecule has 4 heterocycles. The van der Waals surface area contributed by atoms with Crippen LogP contribution in [0, 0.1) is 0 Å². The van der Waals surface area contributed by atoms with E-state index in [9.17, 15) is 9.59 Å². The number of nitrogens with zero attached hydrogens (tertiary/aromatic N) is 6. The number of fused-ring (bicyclic) bond motifs is 1. The number of hydrogen-bond donors (Lipinski definition) is 0. The lowest BCUT2D eigenvalue weighted by Crippen LogP contribution is -2.37. The molecule has 2 saturated heterocycles. The molecule has 2 amide bonds. The molecule has 2 aliphatic heterocycles. The smallest absolute Gasteiger partial charge is 0.410 e. The molecule has 2 aromatic heterocycles. The second-order valence-corrected chi connectivity index (χ2v) is 31.6. The number of ether oxygens (including phenoxy) is 4. The van der Waals surface area contributed by atoms with Gasteiger partial charge in [0.2, 0.25) is 0 Å². The van der Waals surface area contributed by atoms with Crippen LogP contribution in [0.2, 0.25) is 51.4 Å². The number of benzene rings is 2. The van der Waals surface area contributed by atoms with Gasteiger partial charge in [0.1, 0.15) is 30.7 Å². The predicted molar refractivity (Wildman–Crippen MR) is 277 cm³/mol. The Labute approximate surface area is 399 Å². The molecule has 6 rings (SSSR count). The summed E-state index contributed by atoms with van der Waals surface area (Å²) in [4.78, 5) is 40.1. The first-order valence-electron chi connectivity index (χ1n) is 22.2. The van der Waals surface area contributed by atoms with Gasteiger partial charge in [0.05, 0.1) is 41.1 Å². The van der Waals surface area contributed by atoms with Gasteiger partial charge in [-0.15, -0.1) is 0 Å². The van der Waals surface area contributed by atoms with E-state index in [-0.39, 0.29) is 64.8 Å². The highest BCUT2D eigenvalue weighted by molar-refractivity contribution is 7.59. The minimum Gasteiger partial charge on any atom is -0.447 e. The Bertz CT molecular complexity index is 2160. The van der Waals surface area contributed by atoms with Crippen molar-refractivity contribution in [3.05, 3.63) is 71.4 Å². The van der Waals surface area contributed by atoms with Gasteiger partial charge in [-0.05, 0) is 101 Å². The van der Waals surface area contributed by atoms with Crippen LogP contribution in [0.4, 0.5) is 9.59 Å². The van der Waals surface area contributed by atoms with Gasteiger partial charge in [-0.25, -0.2) is 19.6 Å². The molecule has 0 aliphatic carbocycles. The minimum atomic E-state index is -1.28. The van der Waals surface area contributed by atoms with Crippen LogP contribution in [-0.2, 0) is 32.4 Å². The van der Waals surface area contributed by atoms with Crippen LogP contribution in [0.25, 0.3) is 34.4 Å². The van der Waals surface area contributed by atoms with Crippen molar-refractivity contribution in [3.63, 3.8) is 0 Å². The first kappa shape index (κ1) is 54.8. The Kier molecular flexibility index (Phi) is 19.9. The molecule has 0 unspecified atom stereocenters. The quantitative estimate of drug-likeness (QED) is 0.0620. The van der Waals surface area contributed by atoms with Crippen molar-refractivity contribution in [1.29, 1.82) is 0 Å². The van der Waals surface area contributed by atoms with Crippen LogP contribution in [0.15, 0.2) is 48.7 Å². The summed E-state index contributed by atoms with van der Waals surface area (Å²) in [6, 6.07) is 16.6. The van der Waals surface area contributed by atoms with Gasteiger partial charge in [0.15, 0.2) is 0 Å². The Hall–Kier alpha value is -3.55. The fourth-order valence-corrected chi connectivity index (χ4v) is 9.31. The molecule has 2 atom stereocenters. The van der Waals surface area contributed by atoms with Gasteiger partial charge < -0.3 is 28.1 Å². The predicted octanol–water partition coefficient (Wildman–Crippen LogP) is 12.3. The van der Waals surface area contributed by atoms with Gasteiger partial charge >= 0.3 is 12.2 Å². The molecular formula is C48H78N6O6S2Si2. The standard InChI is InChI=1S/C47H70N6O6Si2.CH4.2H2S/c1-34(2)58-45(54)50-24-13-15-40(50)44-49-38-23-20-36(30-41(38)52(44)32-56-26-28-60(6,7)8)17-16-35-18-21-37(22-19-35)42-31-48-43(53(42)33-57-27-29-61(9,10)11)39-14-12-25-51(39)46(55)59-47(3,4)5;;;/h16-23,30-31,34,39-40H,12-15,24-29,32-33H2,1-11H3;1H4;2*1H2/b17-16+;;;/t39-,40-;;;/m0.../s1. The molecule has 64 heavy (non-hydrogen) atoms. The van der Waals surface area contributed by atoms with Crippen LogP contribution in [0.1, 0.15) is 103 Å². The number of rotatable bonds is 16. The summed E-state index contributed by atoms with van der Waals surface area (Å²) in [6.45, 7) is 27.0. The van der Waals surface area contributed by atoms with Gasteiger partial charge in [0, 0.05) is 42.5 Å². The largest absolute Gasteiger partial charge is 0.447 e. The monoisotopic (exact) mass is 954 g/mol. The van der Waals surface area contributed by atoms with Crippen molar-refractivity contribution in [2.45, 2.75) is 156 Å². The number of carbonyl (C=O) groups is 2. The van der Waals surface area contributed by atoms with Crippen LogP contribution >= 0.6 is 27.0 Å². The van der Waals surface area contributed by atoms with Gasteiger partial charge in [-0.1, -0.05) is 89.2 Å². The fraction of sp³-hybridized carbons (Fsp3) is 0.583. The van der Waals surface area contributed by atoms with Crippen molar-refractivity contribution in [2.24, 2.45) is 0 Å². The van der Waals surface area contributed by atoms with Gasteiger partial charge in [-0.3, -0.25) is 9.80 Å². The van der Waals surface area contributed by atoms with Crippen molar-refractivity contribution in [2.75, 3.05) is 26.3 Å². The molecular weight excluding hydrogens is 877 g/mol. The summed E-state index contributed by atoms with van der Waals surface area (Å²) < 4.78 is 28.4. The molecule has 356 valence electrons. The molecule has 12 nitrogen and oxygen atoms in total. The van der Waals surface area contributed by atoms with Crippen molar-refractivity contribution >= 4 is 78.5 Å². The molecule has 0 N–H and O–H groups in total. The lowest BCUT2D eigenvalue weighted by atomic mass is 10.1. The number of carbonyl (C=O) groups excluding carboxylic acids is 2. The highest BCUT2D eigenvalue weighted by Crippen LogP contribution is 2.37. The van der Waals surface area contributed by atoms with E-state index in [1.807, 2.05) is 50.6 Å². The summed E-state index contributed by atoms with van der Waals surface area (Å²) in [5.74, 6) is 1.66. The van der Waals surface area contributed by atoms with Crippen molar-refractivity contribution < 1.29 is 28.5 Å². The van der Waals surface area contributed by atoms with E-state index in [1.54, 1.807) is 0 Å². The summed E-state index contributed by atoms with van der Waals surface area (Å²) in [7, 11) is -2.56. The number of hydrogen-bond acceptors (Lipinski definition) is 8. The molecule has 4 aromatic rings. The van der Waals surface area contributed by atoms with E-state index in [0.29, 0.717) is 39.8 Å². The zero-order valence-electron chi connectivity index (χ0n) is 39.6. The number of aromatic nitrogens is 4. The van der Waals surface area contributed by atoms with E-state index >= 15 is 0 Å². The SMILES string of the molecule is C.CC(C)OC(=O)N1CCC[C@H]1c1nc2ccc(/C=C/c3ccc(-c4cnc([C@@H]5CCCN5C(=O)OC(C)(C)C)n4COCC[Si](C)(C)C)cc3)cc2n1COCC[Si](C)(C)C.S.S. The molecule has 0 spiro atoms. The maximum atomic E-state index is 13.3. The fourth-order valence-electron chi connectivity index (χ4n) is 7.80. The number of likely N-dealkylation sites (tertiary alicyclic amines) is 2. The third-order valence-corrected chi connectivity index (χ3v) is 14.5. The van der Waals surface area contributed by atoms with E-state index in [4.69, 9.17) is 28.9 Å². The zero-order chi connectivity index (χ0) is 44.1. The molecule has 2 aliphatic rings. The Morgan fingerprint density at radius 3 is 1.86 bits per heavy atom. The van der Waals surface area contributed by atoms with Crippen molar-refractivity contribution in [3.8, 4) is 11.3 Å². The van der Waals surface area contributed by atoms with E-state index < -0.39 is 21.7 Å². The summed E-state index contributed by atoms with van der Waals surface area (Å²) in [6.07, 6.45) is 8.80. The maximum Gasteiger partial charge on any atom is 0.410 e. The third-order valence-electron chi connectivity index (χ3n) is 11.1. The second-order valence-electron chi connectivity index (χ2n) is 20.3. The Morgan fingerprint density at radius 1 is 0.766 bits per heavy atom. The van der Waals surface area contributed by atoms with E-state index in [1.165, 1.54) is 0 Å². The third kappa shape index (κ3) is 14.7. The first-order chi connectivity index (χ1) is 28.8. The highest BCUT2D eigenvalue weighted by atomic mass is 32.1. The topological polar surface area (TPSA) is 113 Å². The average molecular weight is 955 g/mol. The van der Waals surface area contributed by atoms with Crippen LogP contribution < -0.4 is 0 Å². The van der Waals surface area contributed by atoms with Gasteiger partial charge in [0.25, 0.3) is 0 Å². The lowest BCUT2D eigenvalue weighted by Gasteiger charge is -2.29. The highest BCUT2D eigenvalue weighted by Gasteiger charge is 2.37. The molecule has 2 fully saturated rings. The second kappa shape index (κ2) is 23.3. The molecule has 0 radical (unpaired) electrons. The average Bonchev–Trinajstić information content (AvgIpc) is 3.98. The van der Waals surface area contributed by atoms with Crippen molar-refractivity contribution in [1.82, 2.24) is 28.9 Å². The number of imidazole rings is 2. The van der Waals surface area contributed by atoms with Gasteiger partial charge in [-0.2, -0.15) is 27.0 Å². The molecule has 2 aromatic carbocycles. The van der Waals surface area contributed by atoms with Crippen LogP contribution in [-0.4, -0.2) is 95.2 Å². The number of amides is 2. The minimum absolute atomic E-state index is 0. The summed E-state index contributed by atoms with van der Waals surface area (Å²) in [5.41, 5.74) is 5.35. The molecule has 0 saturated carbocycles. The van der Waals surface area contributed by atoms with Crippen LogP contribution in [0.5, 0.6) is 0 Å². The maximum absolute atomic E-state index is 13.3. The Balaban J connectivity index is 0.00000363. The lowest BCUT2D eigenvalue weighted by molar-refractivity contribution is 0.0204. The molecule has 16 heteroatoms.